The van der Waals surface area contributed by atoms with E-state index in [9.17, 15) is 4.79 Å². The van der Waals surface area contributed by atoms with Crippen LogP contribution in [0.15, 0.2) is 45.5 Å². The number of carboxylic acid groups (broad SMARTS) is 1. The van der Waals surface area contributed by atoms with Crippen molar-refractivity contribution in [2.45, 2.75) is 15.5 Å². The zero-order valence-electron chi connectivity index (χ0n) is 8.72. The van der Waals surface area contributed by atoms with Gasteiger partial charge in [-0.3, -0.25) is 4.79 Å². The molecule has 0 atom stereocenters. The van der Waals surface area contributed by atoms with Crippen LogP contribution < -0.4 is 0 Å². The first-order valence-electron chi connectivity index (χ1n) is 4.88. The van der Waals surface area contributed by atoms with E-state index in [1.807, 2.05) is 36.4 Å². The molecule has 1 aromatic carbocycles. The van der Waals surface area contributed by atoms with Gasteiger partial charge in [0.2, 0.25) is 0 Å². The van der Waals surface area contributed by atoms with Gasteiger partial charge in [0.05, 0.1) is 15.0 Å². The number of thiophene rings is 1. The van der Waals surface area contributed by atoms with Gasteiger partial charge in [-0.05, 0) is 23.8 Å². The summed E-state index contributed by atoms with van der Waals surface area (Å²) in [5.74, 6) is -0.817. The second-order valence-corrected chi connectivity index (χ2v) is 6.40. The molecule has 17 heavy (non-hydrogen) atoms. The molecule has 0 fully saturated rings. The molecule has 0 bridgehead atoms. The molecule has 5 heteroatoms. The van der Waals surface area contributed by atoms with Crippen molar-refractivity contribution in [3.63, 3.8) is 0 Å². The van der Waals surface area contributed by atoms with Crippen molar-refractivity contribution in [3.8, 4) is 0 Å². The zero-order chi connectivity index (χ0) is 12.3. The monoisotopic (exact) mass is 284 g/mol. The van der Waals surface area contributed by atoms with Crippen LogP contribution in [0.3, 0.4) is 0 Å². The number of hydrogen-bond donors (Lipinski definition) is 1. The van der Waals surface area contributed by atoms with Crippen LogP contribution in [-0.2, 0) is 11.2 Å². The molecule has 2 aromatic rings. The molecule has 0 unspecified atom stereocenters. The van der Waals surface area contributed by atoms with E-state index in [0.29, 0.717) is 0 Å². The van der Waals surface area contributed by atoms with E-state index in [4.69, 9.17) is 16.7 Å². The van der Waals surface area contributed by atoms with E-state index >= 15 is 0 Å². The summed E-state index contributed by atoms with van der Waals surface area (Å²) in [6, 6.07) is 11.3. The summed E-state index contributed by atoms with van der Waals surface area (Å²) in [6.07, 6.45) is 0.0439. The third-order valence-electron chi connectivity index (χ3n) is 2.07. The third kappa shape index (κ3) is 3.49. The van der Waals surface area contributed by atoms with E-state index in [1.54, 1.807) is 11.8 Å². The Morgan fingerprint density at radius 1 is 1.29 bits per heavy atom. The lowest BCUT2D eigenvalue weighted by atomic mass is 10.1. The van der Waals surface area contributed by atoms with Gasteiger partial charge >= 0.3 is 5.97 Å². The Balaban J connectivity index is 2.23. The Bertz CT molecular complexity index is 537. The van der Waals surface area contributed by atoms with Crippen molar-refractivity contribution in [1.29, 1.82) is 0 Å². The number of benzene rings is 1. The van der Waals surface area contributed by atoms with Gasteiger partial charge in [-0.25, -0.2) is 0 Å². The largest absolute Gasteiger partial charge is 0.481 e. The highest BCUT2D eigenvalue weighted by Crippen LogP contribution is 2.36. The van der Waals surface area contributed by atoms with Crippen molar-refractivity contribution in [2.75, 3.05) is 0 Å². The molecule has 0 aliphatic heterocycles. The lowest BCUT2D eigenvalue weighted by Gasteiger charge is -2.05. The number of aliphatic carboxylic acids is 1. The van der Waals surface area contributed by atoms with Gasteiger partial charge in [0.1, 0.15) is 0 Å². The molecule has 0 radical (unpaired) electrons. The zero-order valence-corrected chi connectivity index (χ0v) is 11.1. The molecule has 0 amide bonds. The number of carboxylic acids is 1. The Morgan fingerprint density at radius 3 is 2.71 bits per heavy atom. The summed E-state index contributed by atoms with van der Waals surface area (Å²) in [5.41, 5.74) is 0.828. The number of carbonyl (C=O) groups is 1. The summed E-state index contributed by atoms with van der Waals surface area (Å²) in [6.45, 7) is 0. The van der Waals surface area contributed by atoms with E-state index in [2.05, 4.69) is 0 Å². The van der Waals surface area contributed by atoms with Crippen LogP contribution in [0.1, 0.15) is 5.56 Å². The summed E-state index contributed by atoms with van der Waals surface area (Å²) in [4.78, 5) is 11.7. The fourth-order valence-electron chi connectivity index (χ4n) is 1.37. The Morgan fingerprint density at radius 2 is 2.06 bits per heavy atom. The molecule has 1 N–H and O–H groups in total. The molecule has 2 nitrogen and oxygen atoms in total. The maximum absolute atomic E-state index is 10.7. The van der Waals surface area contributed by atoms with Crippen molar-refractivity contribution in [1.82, 2.24) is 0 Å². The molecule has 1 heterocycles. The van der Waals surface area contributed by atoms with Crippen LogP contribution in [0, 0.1) is 0 Å². The average molecular weight is 285 g/mol. The highest BCUT2D eigenvalue weighted by atomic mass is 35.5. The summed E-state index contributed by atoms with van der Waals surface area (Å²) < 4.78 is 1.80. The second kappa shape index (κ2) is 5.58. The predicted octanol–water partition coefficient (Wildman–Crippen LogP) is 4.18. The first kappa shape index (κ1) is 12.5. The van der Waals surface area contributed by atoms with Crippen LogP contribution in [0.2, 0.25) is 4.34 Å². The Kier molecular flexibility index (Phi) is 4.10. The quantitative estimate of drug-likeness (QED) is 0.915. The molecule has 88 valence electrons. The van der Waals surface area contributed by atoms with Crippen molar-refractivity contribution in [3.05, 3.63) is 46.3 Å². The van der Waals surface area contributed by atoms with Crippen molar-refractivity contribution in [2.24, 2.45) is 0 Å². The van der Waals surface area contributed by atoms with Gasteiger partial charge in [0.25, 0.3) is 0 Å². The number of hydrogen-bond acceptors (Lipinski definition) is 3. The van der Waals surface area contributed by atoms with E-state index in [0.717, 1.165) is 19.0 Å². The Labute approximate surface area is 112 Å². The van der Waals surface area contributed by atoms with Crippen LogP contribution >= 0.6 is 34.7 Å². The van der Waals surface area contributed by atoms with Crippen LogP contribution in [0.4, 0.5) is 0 Å². The van der Waals surface area contributed by atoms with Crippen LogP contribution in [0.5, 0.6) is 0 Å². The molecule has 2 rings (SSSR count). The predicted molar refractivity (Wildman–Crippen MR) is 71.2 cm³/mol. The van der Waals surface area contributed by atoms with Gasteiger partial charge in [-0.2, -0.15) is 0 Å². The van der Waals surface area contributed by atoms with E-state index < -0.39 is 5.97 Å². The molecular weight excluding hydrogens is 276 g/mol. The standard InChI is InChI=1S/C12H9ClO2S2/c13-10-5-6-12(17-10)16-9-4-2-1-3-8(9)7-11(14)15/h1-6H,7H2,(H,14,15). The number of rotatable bonds is 4. The molecule has 0 aliphatic rings. The van der Waals surface area contributed by atoms with Gasteiger partial charge in [-0.15, -0.1) is 11.3 Å². The molecule has 0 spiro atoms. The minimum atomic E-state index is -0.817. The summed E-state index contributed by atoms with van der Waals surface area (Å²) in [7, 11) is 0. The number of halogens is 1. The minimum Gasteiger partial charge on any atom is -0.481 e. The second-order valence-electron chi connectivity index (χ2n) is 3.34. The van der Waals surface area contributed by atoms with Gasteiger partial charge in [0, 0.05) is 4.90 Å². The minimum absolute atomic E-state index is 0.0439. The summed E-state index contributed by atoms with van der Waals surface area (Å²) in [5, 5.41) is 8.83. The topological polar surface area (TPSA) is 37.3 Å². The highest BCUT2D eigenvalue weighted by molar-refractivity contribution is 8.01. The average Bonchev–Trinajstić information content (AvgIpc) is 2.66. The van der Waals surface area contributed by atoms with Gasteiger partial charge in [-0.1, -0.05) is 41.6 Å². The van der Waals surface area contributed by atoms with E-state index in [-0.39, 0.29) is 6.42 Å². The van der Waals surface area contributed by atoms with Crippen molar-refractivity contribution >= 4 is 40.7 Å². The fraction of sp³-hybridized carbons (Fsp3) is 0.0833. The normalized spacial score (nSPS) is 10.4. The summed E-state index contributed by atoms with van der Waals surface area (Å²) >= 11 is 8.90. The first-order valence-corrected chi connectivity index (χ1v) is 6.89. The molecule has 0 saturated carbocycles. The van der Waals surface area contributed by atoms with Crippen molar-refractivity contribution < 1.29 is 9.90 Å². The first-order chi connectivity index (χ1) is 8.15. The van der Waals surface area contributed by atoms with Crippen LogP contribution in [0.25, 0.3) is 0 Å². The van der Waals surface area contributed by atoms with Gasteiger partial charge in [0.15, 0.2) is 0 Å². The SMILES string of the molecule is O=C(O)Cc1ccccc1Sc1ccc(Cl)s1. The third-order valence-corrected chi connectivity index (χ3v) is 4.55. The lowest BCUT2D eigenvalue weighted by molar-refractivity contribution is -0.136. The smallest absolute Gasteiger partial charge is 0.307 e. The fourth-order valence-corrected chi connectivity index (χ4v) is 3.76. The maximum atomic E-state index is 10.7. The lowest BCUT2D eigenvalue weighted by Crippen LogP contribution is -2.00. The highest BCUT2D eigenvalue weighted by Gasteiger charge is 2.08. The molecular formula is C12H9ClO2S2. The Hall–Kier alpha value is -0.970. The maximum Gasteiger partial charge on any atom is 0.307 e. The van der Waals surface area contributed by atoms with E-state index in [1.165, 1.54) is 11.3 Å². The van der Waals surface area contributed by atoms with Crippen LogP contribution in [-0.4, -0.2) is 11.1 Å². The van der Waals surface area contributed by atoms with Gasteiger partial charge < -0.3 is 5.11 Å². The molecule has 0 saturated heterocycles. The molecule has 0 aliphatic carbocycles. The molecule has 1 aromatic heterocycles.